The molecule has 2 heterocycles. The lowest BCUT2D eigenvalue weighted by molar-refractivity contribution is 0.512. The van der Waals surface area contributed by atoms with Crippen LogP contribution < -0.4 is 5.32 Å². The number of imidazole rings is 1. The number of nitrogens with one attached hydrogen (secondary N) is 2. The van der Waals surface area contributed by atoms with E-state index in [1.165, 1.54) is 25.3 Å². The Labute approximate surface area is 122 Å². The Bertz CT molecular complexity index is 589. The fourth-order valence-electron chi connectivity index (χ4n) is 2.59. The van der Waals surface area contributed by atoms with E-state index in [0.717, 1.165) is 30.0 Å². The van der Waals surface area contributed by atoms with Gasteiger partial charge in [-0.3, -0.25) is 0 Å². The summed E-state index contributed by atoms with van der Waals surface area (Å²) < 4.78 is 13.2. The Kier molecular flexibility index (Phi) is 4.03. The Balaban J connectivity index is 1.83. The molecular formula is C15H17ClFN3. The molecule has 0 spiro atoms. The van der Waals surface area contributed by atoms with Crippen molar-refractivity contribution in [3.63, 3.8) is 0 Å². The molecule has 106 valence electrons. The summed E-state index contributed by atoms with van der Waals surface area (Å²) in [6, 6.07) is 4.98. The Morgan fingerprint density at radius 1 is 1.25 bits per heavy atom. The van der Waals surface area contributed by atoms with Gasteiger partial charge < -0.3 is 10.3 Å². The Morgan fingerprint density at radius 3 is 3.00 bits per heavy atom. The van der Waals surface area contributed by atoms with Gasteiger partial charge in [-0.15, -0.1) is 0 Å². The fraction of sp³-hybridized carbons (Fsp3) is 0.400. The summed E-state index contributed by atoms with van der Waals surface area (Å²) in [5, 5.41) is 3.63. The van der Waals surface area contributed by atoms with Crippen molar-refractivity contribution >= 4 is 11.6 Å². The predicted molar refractivity (Wildman–Crippen MR) is 78.2 cm³/mol. The number of aromatic amines is 1. The van der Waals surface area contributed by atoms with Crippen LogP contribution in [0.1, 0.15) is 37.5 Å². The Morgan fingerprint density at radius 2 is 2.15 bits per heavy atom. The van der Waals surface area contributed by atoms with Crippen molar-refractivity contribution in [3.05, 3.63) is 41.1 Å². The van der Waals surface area contributed by atoms with E-state index >= 15 is 0 Å². The zero-order valence-corrected chi connectivity index (χ0v) is 11.9. The molecular weight excluding hydrogens is 277 g/mol. The molecule has 0 radical (unpaired) electrons. The molecule has 1 unspecified atom stereocenters. The summed E-state index contributed by atoms with van der Waals surface area (Å²) in [5.74, 6) is 0.544. The molecule has 1 atom stereocenters. The molecule has 0 amide bonds. The third kappa shape index (κ3) is 2.86. The highest BCUT2D eigenvalue weighted by Gasteiger charge is 2.17. The maximum absolute atomic E-state index is 13.2. The van der Waals surface area contributed by atoms with Crippen LogP contribution in [0.15, 0.2) is 24.4 Å². The quantitative estimate of drug-likeness (QED) is 0.876. The minimum absolute atomic E-state index is 0.131. The average molecular weight is 294 g/mol. The van der Waals surface area contributed by atoms with E-state index in [1.54, 1.807) is 18.3 Å². The number of rotatable bonds is 2. The van der Waals surface area contributed by atoms with Crippen molar-refractivity contribution in [1.29, 1.82) is 0 Å². The maximum Gasteiger partial charge on any atom is 0.141 e. The van der Waals surface area contributed by atoms with Crippen LogP contribution in [0.3, 0.4) is 0 Å². The smallest absolute Gasteiger partial charge is 0.141 e. The molecule has 0 bridgehead atoms. The zero-order valence-electron chi connectivity index (χ0n) is 11.1. The van der Waals surface area contributed by atoms with Crippen LogP contribution >= 0.6 is 11.6 Å². The van der Waals surface area contributed by atoms with Crippen molar-refractivity contribution < 1.29 is 4.39 Å². The molecule has 2 N–H and O–H groups in total. The first-order valence-corrected chi connectivity index (χ1v) is 7.35. The predicted octanol–water partition coefficient (Wildman–Crippen LogP) is 4.07. The summed E-state index contributed by atoms with van der Waals surface area (Å²) in [5.41, 5.74) is 1.72. The van der Waals surface area contributed by atoms with Gasteiger partial charge in [0.15, 0.2) is 0 Å². The van der Waals surface area contributed by atoms with Gasteiger partial charge in [0.05, 0.1) is 23.0 Å². The third-order valence-electron chi connectivity index (χ3n) is 3.72. The van der Waals surface area contributed by atoms with Gasteiger partial charge in [0.1, 0.15) is 11.6 Å². The van der Waals surface area contributed by atoms with Crippen molar-refractivity contribution in [2.75, 3.05) is 6.54 Å². The first-order valence-electron chi connectivity index (χ1n) is 6.98. The largest absolute Gasteiger partial charge is 0.341 e. The maximum atomic E-state index is 13.2. The molecule has 0 aliphatic carbocycles. The van der Waals surface area contributed by atoms with Crippen molar-refractivity contribution in [2.24, 2.45) is 0 Å². The molecule has 1 fully saturated rings. The van der Waals surface area contributed by atoms with Crippen LogP contribution in [0.4, 0.5) is 4.39 Å². The lowest BCUT2D eigenvalue weighted by Gasteiger charge is -2.12. The number of halogens is 2. The molecule has 5 heteroatoms. The molecule has 2 aromatic rings. The van der Waals surface area contributed by atoms with E-state index in [2.05, 4.69) is 15.3 Å². The van der Waals surface area contributed by atoms with Gasteiger partial charge in [0.25, 0.3) is 0 Å². The molecule has 1 aromatic carbocycles. The molecule has 1 aromatic heterocycles. The van der Waals surface area contributed by atoms with Crippen LogP contribution in [-0.2, 0) is 0 Å². The van der Waals surface area contributed by atoms with Crippen LogP contribution in [-0.4, -0.2) is 16.5 Å². The van der Waals surface area contributed by atoms with Crippen LogP contribution in [0.2, 0.25) is 5.02 Å². The van der Waals surface area contributed by atoms with Gasteiger partial charge in [-0.05, 0) is 37.6 Å². The highest BCUT2D eigenvalue weighted by Crippen LogP contribution is 2.26. The summed E-state index contributed by atoms with van der Waals surface area (Å²) in [6.07, 6.45) is 6.58. The highest BCUT2D eigenvalue weighted by atomic mass is 35.5. The van der Waals surface area contributed by atoms with E-state index < -0.39 is 5.82 Å². The first-order chi connectivity index (χ1) is 9.74. The zero-order chi connectivity index (χ0) is 13.9. The molecule has 0 saturated carbocycles. The minimum Gasteiger partial charge on any atom is -0.341 e. The van der Waals surface area contributed by atoms with Gasteiger partial charge in [-0.1, -0.05) is 24.4 Å². The number of H-pyrrole nitrogens is 1. The van der Waals surface area contributed by atoms with Gasteiger partial charge in [0.2, 0.25) is 0 Å². The van der Waals surface area contributed by atoms with Crippen molar-refractivity contribution in [3.8, 4) is 11.3 Å². The van der Waals surface area contributed by atoms with Crippen LogP contribution in [0.5, 0.6) is 0 Å². The van der Waals surface area contributed by atoms with E-state index in [-0.39, 0.29) is 11.1 Å². The van der Waals surface area contributed by atoms with Gasteiger partial charge in [-0.25, -0.2) is 9.37 Å². The molecule has 1 saturated heterocycles. The summed E-state index contributed by atoms with van der Waals surface area (Å²) in [6.45, 7) is 1.03. The number of hydrogen-bond acceptors (Lipinski definition) is 2. The summed E-state index contributed by atoms with van der Waals surface area (Å²) >= 11 is 5.82. The molecule has 1 aliphatic heterocycles. The number of hydrogen-bond donors (Lipinski definition) is 2. The monoisotopic (exact) mass is 293 g/mol. The normalized spacial score (nSPS) is 19.8. The third-order valence-corrected chi connectivity index (χ3v) is 4.01. The number of nitrogens with zero attached hydrogens (tertiary/aromatic N) is 1. The number of aromatic nitrogens is 2. The molecule has 3 rings (SSSR count). The van der Waals surface area contributed by atoms with E-state index in [1.807, 2.05) is 0 Å². The van der Waals surface area contributed by atoms with Crippen molar-refractivity contribution in [1.82, 2.24) is 15.3 Å². The second-order valence-electron chi connectivity index (χ2n) is 5.17. The topological polar surface area (TPSA) is 40.7 Å². The van der Waals surface area contributed by atoms with E-state index in [9.17, 15) is 4.39 Å². The van der Waals surface area contributed by atoms with Crippen molar-refractivity contribution in [2.45, 2.75) is 31.7 Å². The standard InChI is InChI=1S/C15H17ClFN3/c16-11-8-10(5-6-12(11)17)14-9-19-15(20-14)13-4-2-1-3-7-18-13/h5-6,8-9,13,18H,1-4,7H2,(H,19,20). The van der Waals surface area contributed by atoms with Gasteiger partial charge in [-0.2, -0.15) is 0 Å². The van der Waals surface area contributed by atoms with E-state index in [4.69, 9.17) is 11.6 Å². The first kappa shape index (κ1) is 13.6. The second-order valence-corrected chi connectivity index (χ2v) is 5.57. The molecule has 3 nitrogen and oxygen atoms in total. The summed E-state index contributed by atoms with van der Waals surface area (Å²) in [4.78, 5) is 7.77. The average Bonchev–Trinajstić information content (AvgIpc) is 2.78. The van der Waals surface area contributed by atoms with E-state index in [0.29, 0.717) is 0 Å². The summed E-state index contributed by atoms with van der Waals surface area (Å²) in [7, 11) is 0. The highest BCUT2D eigenvalue weighted by molar-refractivity contribution is 6.31. The second kappa shape index (κ2) is 5.94. The Hall–Kier alpha value is -1.39. The van der Waals surface area contributed by atoms with Gasteiger partial charge in [0, 0.05) is 5.56 Å². The van der Waals surface area contributed by atoms with Gasteiger partial charge >= 0.3 is 0 Å². The van der Waals surface area contributed by atoms with Crippen LogP contribution in [0.25, 0.3) is 11.3 Å². The minimum atomic E-state index is -0.402. The lowest BCUT2D eigenvalue weighted by atomic mass is 10.1. The lowest BCUT2D eigenvalue weighted by Crippen LogP contribution is -2.21. The fourth-order valence-corrected chi connectivity index (χ4v) is 2.77. The molecule has 1 aliphatic rings. The molecule has 20 heavy (non-hydrogen) atoms. The SMILES string of the molecule is Fc1ccc(-c2cnc(C3CCCCCN3)[nH]2)cc1Cl. The number of benzene rings is 1. The van der Waals surface area contributed by atoms with Crippen LogP contribution in [0, 0.1) is 5.82 Å².